The summed E-state index contributed by atoms with van der Waals surface area (Å²) < 4.78 is 6.58. The number of hydrogen-bond acceptors (Lipinski definition) is 4. The zero-order chi connectivity index (χ0) is 16.4. The van der Waals surface area contributed by atoms with Crippen LogP contribution >= 0.6 is 0 Å². The van der Waals surface area contributed by atoms with Crippen molar-refractivity contribution in [1.82, 2.24) is 14.8 Å². The molecule has 116 valence electrons. The number of carbonyl (C=O) groups excluding carboxylic acids is 1. The summed E-state index contributed by atoms with van der Waals surface area (Å²) in [5.41, 5.74) is 2.74. The van der Waals surface area contributed by atoms with Crippen LogP contribution in [0.25, 0.3) is 22.8 Å². The maximum Gasteiger partial charge on any atom is 0.245 e. The van der Waals surface area contributed by atoms with Gasteiger partial charge in [0.1, 0.15) is 5.75 Å². The number of rotatable bonds is 3. The summed E-state index contributed by atoms with van der Waals surface area (Å²) in [6, 6.07) is 15.3. The molecule has 0 spiro atoms. The Kier molecular flexibility index (Phi) is 3.93. The van der Waals surface area contributed by atoms with Crippen molar-refractivity contribution in [2.75, 3.05) is 7.11 Å². The molecule has 1 aromatic heterocycles. The van der Waals surface area contributed by atoms with E-state index in [9.17, 15) is 4.79 Å². The third kappa shape index (κ3) is 2.85. The Morgan fingerprint density at radius 2 is 1.91 bits per heavy atom. The molecule has 0 saturated carbocycles. The number of methoxy groups -OCH3 is 1. The van der Waals surface area contributed by atoms with E-state index < -0.39 is 0 Å². The number of aromatic nitrogens is 3. The Labute approximate surface area is 134 Å². The van der Waals surface area contributed by atoms with E-state index in [2.05, 4.69) is 10.1 Å². The predicted octanol–water partition coefficient (Wildman–Crippen LogP) is 3.59. The Morgan fingerprint density at radius 1 is 1.13 bits per heavy atom. The van der Waals surface area contributed by atoms with Gasteiger partial charge in [-0.05, 0) is 24.6 Å². The van der Waals surface area contributed by atoms with Crippen molar-refractivity contribution >= 4 is 5.91 Å². The van der Waals surface area contributed by atoms with Crippen LogP contribution in [0.2, 0.25) is 0 Å². The minimum Gasteiger partial charge on any atom is -0.497 e. The molecule has 0 amide bonds. The smallest absolute Gasteiger partial charge is 0.245 e. The summed E-state index contributed by atoms with van der Waals surface area (Å²) in [6.07, 6.45) is 0. The minimum atomic E-state index is -0.176. The summed E-state index contributed by atoms with van der Waals surface area (Å²) >= 11 is 0. The molecule has 5 nitrogen and oxygen atoms in total. The highest BCUT2D eigenvalue weighted by molar-refractivity contribution is 5.81. The van der Waals surface area contributed by atoms with Gasteiger partial charge in [0.25, 0.3) is 0 Å². The van der Waals surface area contributed by atoms with Crippen LogP contribution in [0.4, 0.5) is 0 Å². The highest BCUT2D eigenvalue weighted by atomic mass is 16.5. The molecule has 3 rings (SSSR count). The van der Waals surface area contributed by atoms with Crippen LogP contribution in [-0.4, -0.2) is 27.8 Å². The zero-order valence-corrected chi connectivity index (χ0v) is 13.3. The second-order valence-corrected chi connectivity index (χ2v) is 5.24. The van der Waals surface area contributed by atoms with Crippen LogP contribution in [0.3, 0.4) is 0 Å². The van der Waals surface area contributed by atoms with Crippen LogP contribution in [-0.2, 0) is 0 Å². The number of benzene rings is 2. The summed E-state index contributed by atoms with van der Waals surface area (Å²) in [5, 5.41) is 4.37. The normalized spacial score (nSPS) is 10.6. The predicted molar refractivity (Wildman–Crippen MR) is 88.5 cm³/mol. The molecule has 0 aliphatic rings. The topological polar surface area (TPSA) is 57.0 Å². The van der Waals surface area contributed by atoms with Crippen LogP contribution in [0.5, 0.6) is 5.75 Å². The zero-order valence-electron chi connectivity index (χ0n) is 13.3. The molecule has 5 heteroatoms. The standard InChI is InChI=1S/C18H17N3O2/c1-12-7-4-5-10-16(12)18-19-17(20-21(18)13(2)22)14-8-6-9-15(11-14)23-3/h4-11H,1-3H3. The first kappa shape index (κ1) is 15.0. The Hall–Kier alpha value is -2.95. The molecular weight excluding hydrogens is 290 g/mol. The first-order valence-electron chi connectivity index (χ1n) is 7.28. The van der Waals surface area contributed by atoms with Crippen molar-refractivity contribution < 1.29 is 9.53 Å². The van der Waals surface area contributed by atoms with Crippen molar-refractivity contribution in [2.24, 2.45) is 0 Å². The van der Waals surface area contributed by atoms with E-state index >= 15 is 0 Å². The van der Waals surface area contributed by atoms with Crippen molar-refractivity contribution in [1.29, 1.82) is 0 Å². The highest BCUT2D eigenvalue weighted by Gasteiger charge is 2.17. The molecule has 0 N–H and O–H groups in total. The number of carbonyl (C=O) groups is 1. The maximum absolute atomic E-state index is 12.0. The first-order valence-corrected chi connectivity index (χ1v) is 7.28. The van der Waals surface area contributed by atoms with Gasteiger partial charge in [0.15, 0.2) is 11.6 Å². The van der Waals surface area contributed by atoms with E-state index in [1.165, 1.54) is 11.6 Å². The fourth-order valence-electron chi connectivity index (χ4n) is 2.41. The SMILES string of the molecule is COc1cccc(-c2nc(-c3ccccc3C)n(C(C)=O)n2)c1. The molecule has 23 heavy (non-hydrogen) atoms. The lowest BCUT2D eigenvalue weighted by atomic mass is 10.1. The number of hydrogen-bond donors (Lipinski definition) is 0. The summed E-state index contributed by atoms with van der Waals surface area (Å²) in [5.74, 6) is 1.59. The van der Waals surface area contributed by atoms with E-state index in [0.717, 1.165) is 22.4 Å². The van der Waals surface area contributed by atoms with Crippen LogP contribution in [0.1, 0.15) is 17.3 Å². The van der Waals surface area contributed by atoms with Gasteiger partial charge in [0, 0.05) is 18.1 Å². The van der Waals surface area contributed by atoms with Gasteiger partial charge in [-0.25, -0.2) is 4.98 Å². The number of nitrogens with zero attached hydrogens (tertiary/aromatic N) is 3. The summed E-state index contributed by atoms with van der Waals surface area (Å²) in [7, 11) is 1.61. The van der Waals surface area contributed by atoms with Crippen molar-refractivity contribution in [3.05, 3.63) is 54.1 Å². The Morgan fingerprint density at radius 3 is 2.61 bits per heavy atom. The minimum absolute atomic E-state index is 0.176. The first-order chi connectivity index (χ1) is 11.1. The van der Waals surface area contributed by atoms with E-state index in [0.29, 0.717) is 11.6 Å². The van der Waals surface area contributed by atoms with Crippen LogP contribution < -0.4 is 4.74 Å². The summed E-state index contributed by atoms with van der Waals surface area (Å²) in [6.45, 7) is 3.46. The van der Waals surface area contributed by atoms with Crippen molar-refractivity contribution in [3.63, 3.8) is 0 Å². The van der Waals surface area contributed by atoms with E-state index in [-0.39, 0.29) is 5.91 Å². The van der Waals surface area contributed by atoms with Gasteiger partial charge in [-0.2, -0.15) is 4.68 Å². The average Bonchev–Trinajstić information content (AvgIpc) is 3.01. The lowest BCUT2D eigenvalue weighted by Crippen LogP contribution is -2.10. The molecule has 0 fully saturated rings. The maximum atomic E-state index is 12.0. The molecule has 0 bridgehead atoms. The van der Waals surface area contributed by atoms with Gasteiger partial charge in [0.2, 0.25) is 5.91 Å². The van der Waals surface area contributed by atoms with Gasteiger partial charge in [-0.1, -0.05) is 36.4 Å². The highest BCUT2D eigenvalue weighted by Crippen LogP contribution is 2.26. The molecule has 0 aliphatic carbocycles. The molecule has 0 saturated heterocycles. The second-order valence-electron chi connectivity index (χ2n) is 5.24. The molecule has 0 atom stereocenters. The summed E-state index contributed by atoms with van der Waals surface area (Å²) in [4.78, 5) is 16.5. The molecule has 2 aromatic carbocycles. The average molecular weight is 307 g/mol. The molecule has 0 radical (unpaired) electrons. The van der Waals surface area contributed by atoms with Crippen molar-refractivity contribution in [2.45, 2.75) is 13.8 Å². The second kappa shape index (κ2) is 6.04. The fraction of sp³-hybridized carbons (Fsp3) is 0.167. The largest absolute Gasteiger partial charge is 0.497 e. The monoisotopic (exact) mass is 307 g/mol. The third-order valence-electron chi connectivity index (χ3n) is 3.62. The number of ether oxygens (including phenoxy) is 1. The van der Waals surface area contributed by atoms with Gasteiger partial charge in [-0.3, -0.25) is 4.79 Å². The van der Waals surface area contributed by atoms with Gasteiger partial charge in [0.05, 0.1) is 7.11 Å². The van der Waals surface area contributed by atoms with Gasteiger partial charge < -0.3 is 4.74 Å². The van der Waals surface area contributed by atoms with Crippen LogP contribution in [0.15, 0.2) is 48.5 Å². The third-order valence-corrected chi connectivity index (χ3v) is 3.62. The van der Waals surface area contributed by atoms with Gasteiger partial charge in [-0.15, -0.1) is 5.10 Å². The molecular formula is C18H17N3O2. The fourth-order valence-corrected chi connectivity index (χ4v) is 2.41. The molecule has 0 unspecified atom stereocenters. The van der Waals surface area contributed by atoms with E-state index in [4.69, 9.17) is 4.74 Å². The Balaban J connectivity index is 2.16. The van der Waals surface area contributed by atoms with E-state index in [1.807, 2.05) is 55.5 Å². The quantitative estimate of drug-likeness (QED) is 0.742. The lowest BCUT2D eigenvalue weighted by Gasteiger charge is -2.04. The Bertz CT molecular complexity index is 868. The molecule has 1 heterocycles. The molecule has 0 aliphatic heterocycles. The van der Waals surface area contributed by atoms with Gasteiger partial charge >= 0.3 is 0 Å². The lowest BCUT2D eigenvalue weighted by molar-refractivity contribution is 0.0923. The number of aryl methyl sites for hydroxylation is 1. The van der Waals surface area contributed by atoms with E-state index in [1.54, 1.807) is 7.11 Å². The molecule has 3 aromatic rings. The van der Waals surface area contributed by atoms with Crippen molar-refractivity contribution in [3.8, 4) is 28.5 Å². The van der Waals surface area contributed by atoms with Crippen LogP contribution in [0, 0.1) is 6.92 Å².